The molecule has 1 aromatic heterocycles. The van der Waals surface area contributed by atoms with Gasteiger partial charge in [-0.1, -0.05) is 19.4 Å². The molecule has 0 aromatic carbocycles. The molecule has 1 aromatic rings. The Balaban J connectivity index is 1.92. The van der Waals surface area contributed by atoms with Crippen molar-refractivity contribution in [1.29, 1.82) is 0 Å². The van der Waals surface area contributed by atoms with Crippen LogP contribution in [0, 0.1) is 5.41 Å². The van der Waals surface area contributed by atoms with E-state index in [1.165, 1.54) is 31.5 Å². The Hall–Kier alpha value is -2.17. The molecule has 1 amide bonds. The molecular weight excluding hydrogens is 268 g/mol. The van der Waals surface area contributed by atoms with Crippen LogP contribution in [0.1, 0.15) is 48.7 Å². The molecule has 1 saturated carbocycles. The number of nitrogens with zero attached hydrogens (tertiary/aromatic N) is 1. The lowest BCUT2D eigenvalue weighted by Crippen LogP contribution is -2.41. The molecule has 0 atom stereocenters. The Labute approximate surface area is 124 Å². The maximum Gasteiger partial charge on any atom is 0.328 e. The number of rotatable bonds is 6. The molecule has 1 aliphatic carbocycles. The lowest BCUT2D eigenvalue weighted by Gasteiger charge is -2.41. The summed E-state index contributed by atoms with van der Waals surface area (Å²) >= 11 is 0. The first-order valence-corrected chi connectivity index (χ1v) is 7.20. The minimum Gasteiger partial charge on any atom is -0.478 e. The summed E-state index contributed by atoms with van der Waals surface area (Å²) in [6, 6.07) is 3.29. The van der Waals surface area contributed by atoms with Gasteiger partial charge in [0.05, 0.1) is 0 Å². The number of hydrogen-bond acceptors (Lipinski definition) is 3. The molecule has 0 saturated heterocycles. The Kier molecular flexibility index (Phi) is 4.73. The van der Waals surface area contributed by atoms with Gasteiger partial charge in [0, 0.05) is 18.8 Å². The molecule has 5 nitrogen and oxygen atoms in total. The lowest BCUT2D eigenvalue weighted by atomic mass is 9.67. The summed E-state index contributed by atoms with van der Waals surface area (Å²) < 4.78 is 0. The van der Waals surface area contributed by atoms with Gasteiger partial charge in [-0.15, -0.1) is 0 Å². The van der Waals surface area contributed by atoms with Crippen LogP contribution in [0.3, 0.4) is 0 Å². The van der Waals surface area contributed by atoms with E-state index in [2.05, 4.69) is 17.2 Å². The van der Waals surface area contributed by atoms with Crippen molar-refractivity contribution < 1.29 is 14.7 Å². The SMILES string of the molecule is CCC1(CNC(=O)c2ccc(/C=C/C(=O)O)cn2)CCC1. The molecule has 2 N–H and O–H groups in total. The number of aromatic nitrogens is 1. The van der Waals surface area contributed by atoms with Gasteiger partial charge in [0.2, 0.25) is 0 Å². The third-order valence-corrected chi connectivity index (χ3v) is 4.23. The highest BCUT2D eigenvalue weighted by molar-refractivity contribution is 5.92. The van der Waals surface area contributed by atoms with Crippen LogP contribution in [0.4, 0.5) is 0 Å². The van der Waals surface area contributed by atoms with Gasteiger partial charge in [-0.05, 0) is 42.4 Å². The van der Waals surface area contributed by atoms with Crippen molar-refractivity contribution in [3.63, 3.8) is 0 Å². The fourth-order valence-electron chi connectivity index (χ4n) is 2.50. The molecule has 0 spiro atoms. The van der Waals surface area contributed by atoms with E-state index in [0.717, 1.165) is 12.5 Å². The van der Waals surface area contributed by atoms with Gasteiger partial charge in [0.1, 0.15) is 5.69 Å². The topological polar surface area (TPSA) is 79.3 Å². The molecule has 0 unspecified atom stereocenters. The minimum absolute atomic E-state index is 0.177. The maximum atomic E-state index is 12.0. The number of amides is 1. The quantitative estimate of drug-likeness (QED) is 0.788. The average Bonchev–Trinajstić information content (AvgIpc) is 2.44. The number of carbonyl (C=O) groups is 2. The summed E-state index contributed by atoms with van der Waals surface area (Å²) in [6.45, 7) is 2.86. The van der Waals surface area contributed by atoms with Crippen LogP contribution in [0.15, 0.2) is 24.4 Å². The van der Waals surface area contributed by atoms with Crippen molar-refractivity contribution in [2.75, 3.05) is 6.54 Å². The smallest absolute Gasteiger partial charge is 0.328 e. The summed E-state index contributed by atoms with van der Waals surface area (Å²) in [4.78, 5) is 26.5. The summed E-state index contributed by atoms with van der Waals surface area (Å²) in [7, 11) is 0. The van der Waals surface area contributed by atoms with Crippen LogP contribution in [-0.2, 0) is 4.79 Å². The molecule has 2 rings (SSSR count). The fourth-order valence-corrected chi connectivity index (χ4v) is 2.50. The highest BCUT2D eigenvalue weighted by atomic mass is 16.4. The van der Waals surface area contributed by atoms with Crippen molar-refractivity contribution in [2.45, 2.75) is 32.6 Å². The average molecular weight is 288 g/mol. The Morgan fingerprint density at radius 3 is 2.67 bits per heavy atom. The molecule has 0 aliphatic heterocycles. The number of carboxylic acid groups (broad SMARTS) is 1. The normalized spacial score (nSPS) is 16.4. The first-order chi connectivity index (χ1) is 10.0. The lowest BCUT2D eigenvalue weighted by molar-refractivity contribution is -0.131. The Morgan fingerprint density at radius 2 is 2.19 bits per heavy atom. The molecular formula is C16H20N2O3. The summed E-state index contributed by atoms with van der Waals surface area (Å²) in [6.07, 6.45) is 8.65. The summed E-state index contributed by atoms with van der Waals surface area (Å²) in [5.41, 5.74) is 1.28. The van der Waals surface area contributed by atoms with E-state index in [9.17, 15) is 9.59 Å². The van der Waals surface area contributed by atoms with Crippen molar-refractivity contribution in [3.8, 4) is 0 Å². The van der Waals surface area contributed by atoms with E-state index < -0.39 is 5.97 Å². The van der Waals surface area contributed by atoms with Crippen LogP contribution >= 0.6 is 0 Å². The van der Waals surface area contributed by atoms with Gasteiger partial charge >= 0.3 is 5.97 Å². The van der Waals surface area contributed by atoms with Gasteiger partial charge in [0.25, 0.3) is 5.91 Å². The zero-order chi connectivity index (χ0) is 15.3. The minimum atomic E-state index is -1.01. The second kappa shape index (κ2) is 6.52. The van der Waals surface area contributed by atoms with Gasteiger partial charge in [-0.25, -0.2) is 4.79 Å². The van der Waals surface area contributed by atoms with Crippen LogP contribution in [0.2, 0.25) is 0 Å². The van der Waals surface area contributed by atoms with E-state index in [4.69, 9.17) is 5.11 Å². The fraction of sp³-hybridized carbons (Fsp3) is 0.438. The van der Waals surface area contributed by atoms with Crippen LogP contribution in [0.25, 0.3) is 6.08 Å². The summed E-state index contributed by atoms with van der Waals surface area (Å²) in [5, 5.41) is 11.5. The van der Waals surface area contributed by atoms with Crippen LogP contribution in [-0.4, -0.2) is 28.5 Å². The second-order valence-corrected chi connectivity index (χ2v) is 5.54. The van der Waals surface area contributed by atoms with Gasteiger partial charge in [0.15, 0.2) is 0 Å². The van der Waals surface area contributed by atoms with Crippen molar-refractivity contribution in [2.24, 2.45) is 5.41 Å². The van der Waals surface area contributed by atoms with E-state index in [1.807, 2.05) is 0 Å². The Morgan fingerprint density at radius 1 is 1.43 bits per heavy atom. The van der Waals surface area contributed by atoms with Crippen molar-refractivity contribution >= 4 is 18.0 Å². The number of carbonyl (C=O) groups excluding carboxylic acids is 1. The third-order valence-electron chi connectivity index (χ3n) is 4.23. The molecule has 112 valence electrons. The monoisotopic (exact) mass is 288 g/mol. The number of carboxylic acids is 1. The predicted molar refractivity (Wildman–Crippen MR) is 79.8 cm³/mol. The van der Waals surface area contributed by atoms with Gasteiger partial charge in [-0.3, -0.25) is 9.78 Å². The first-order valence-electron chi connectivity index (χ1n) is 7.20. The van der Waals surface area contributed by atoms with Crippen LogP contribution in [0.5, 0.6) is 0 Å². The Bertz CT molecular complexity index is 540. The van der Waals surface area contributed by atoms with Crippen molar-refractivity contribution in [1.82, 2.24) is 10.3 Å². The van der Waals surface area contributed by atoms with Gasteiger partial charge < -0.3 is 10.4 Å². The zero-order valence-corrected chi connectivity index (χ0v) is 12.1. The number of nitrogens with one attached hydrogen (secondary N) is 1. The van der Waals surface area contributed by atoms with Gasteiger partial charge in [-0.2, -0.15) is 0 Å². The van der Waals surface area contributed by atoms with Crippen LogP contribution < -0.4 is 5.32 Å². The molecule has 21 heavy (non-hydrogen) atoms. The first kappa shape index (κ1) is 15.2. The van der Waals surface area contributed by atoms with E-state index in [0.29, 0.717) is 17.8 Å². The maximum absolute atomic E-state index is 12.0. The number of aliphatic carboxylic acids is 1. The largest absolute Gasteiger partial charge is 0.478 e. The highest BCUT2D eigenvalue weighted by Gasteiger charge is 2.35. The van der Waals surface area contributed by atoms with E-state index in [1.54, 1.807) is 12.1 Å². The molecule has 0 radical (unpaired) electrons. The number of hydrogen-bond donors (Lipinski definition) is 2. The molecule has 1 aliphatic rings. The van der Waals surface area contributed by atoms with E-state index >= 15 is 0 Å². The predicted octanol–water partition coefficient (Wildman–Crippen LogP) is 2.49. The van der Waals surface area contributed by atoms with E-state index in [-0.39, 0.29) is 11.3 Å². The third kappa shape index (κ3) is 3.90. The molecule has 1 heterocycles. The standard InChI is InChI=1S/C16H20N2O3/c1-2-16(8-3-9-16)11-18-15(21)13-6-4-12(10-17-13)5-7-14(19)20/h4-7,10H,2-3,8-9,11H2,1H3,(H,18,21)(H,19,20)/b7-5+. The number of pyridine rings is 1. The summed E-state index contributed by atoms with van der Waals surface area (Å²) in [5.74, 6) is -1.19. The van der Waals surface area contributed by atoms with Crippen molar-refractivity contribution in [3.05, 3.63) is 35.7 Å². The second-order valence-electron chi connectivity index (χ2n) is 5.54. The molecule has 5 heteroatoms. The zero-order valence-electron chi connectivity index (χ0n) is 12.1. The highest BCUT2D eigenvalue weighted by Crippen LogP contribution is 2.43. The molecule has 1 fully saturated rings. The molecule has 0 bridgehead atoms.